The average molecular weight is 657 g/mol. The van der Waals surface area contributed by atoms with Crippen LogP contribution in [0.1, 0.15) is 53.4 Å². The molecule has 1 fully saturated rings. The topological polar surface area (TPSA) is 159 Å². The van der Waals surface area contributed by atoms with E-state index in [0.717, 1.165) is 32.5 Å². The normalized spacial score (nSPS) is 31.6. The third kappa shape index (κ3) is 10.4. The summed E-state index contributed by atoms with van der Waals surface area (Å²) in [6.45, 7) is 11.0. The van der Waals surface area contributed by atoms with Gasteiger partial charge in [0.25, 0.3) is 5.91 Å². The number of allylic oxidation sites excluding steroid dienone is 5. The highest BCUT2D eigenvalue weighted by Crippen LogP contribution is 2.31. The van der Waals surface area contributed by atoms with Crippen LogP contribution in [0.4, 0.5) is 4.79 Å². The Morgan fingerprint density at radius 2 is 1.79 bits per heavy atom. The summed E-state index contributed by atoms with van der Waals surface area (Å²) in [5.41, 5.74) is 6.26. The fraction of sp³-hybridized carbons (Fsp3) is 0.600. The summed E-state index contributed by atoms with van der Waals surface area (Å²) < 4.78 is 22.7. The molecule has 4 N–H and O–H groups in total. The average Bonchev–Trinajstić information content (AvgIpc) is 3.56. The molecule has 47 heavy (non-hydrogen) atoms. The summed E-state index contributed by atoms with van der Waals surface area (Å²) in [4.78, 5) is 54.7. The van der Waals surface area contributed by atoms with Crippen molar-refractivity contribution in [3.05, 3.63) is 58.7 Å². The molecule has 12 nitrogen and oxygen atoms in total. The number of primary amides is 1. The molecular weight excluding hydrogens is 604 g/mol. The molecule has 6 atom stereocenters. The zero-order valence-corrected chi connectivity index (χ0v) is 28.8. The third-order valence-electron chi connectivity index (χ3n) is 9.19. The first-order valence-corrected chi connectivity index (χ1v) is 16.3. The van der Waals surface area contributed by atoms with Crippen molar-refractivity contribution in [1.29, 1.82) is 0 Å². The molecular formula is C35H52N4O8. The lowest BCUT2D eigenvalue weighted by Crippen LogP contribution is -2.38. The Hall–Kier alpha value is -3.74. The van der Waals surface area contributed by atoms with E-state index >= 15 is 0 Å². The molecule has 12 heteroatoms. The number of nitrogens with two attached hydrogens (primary N) is 1. The minimum atomic E-state index is -1.01. The maximum atomic E-state index is 13.9. The van der Waals surface area contributed by atoms with E-state index in [1.54, 1.807) is 26.2 Å². The van der Waals surface area contributed by atoms with Crippen LogP contribution in [0.15, 0.2) is 58.7 Å². The number of ether oxygens (including phenoxy) is 4. The molecule has 0 saturated carbocycles. The molecule has 1 aliphatic carbocycles. The Morgan fingerprint density at radius 1 is 1.09 bits per heavy atom. The number of methoxy groups -OCH3 is 3. The van der Waals surface area contributed by atoms with Crippen LogP contribution in [0.2, 0.25) is 0 Å². The van der Waals surface area contributed by atoms with Gasteiger partial charge in [-0.1, -0.05) is 39.0 Å². The molecule has 0 aromatic rings. The molecule has 2 amide bonds. The molecule has 0 radical (unpaired) electrons. The fourth-order valence-electron chi connectivity index (χ4n) is 6.22. The van der Waals surface area contributed by atoms with Gasteiger partial charge in [-0.15, -0.1) is 0 Å². The number of carbonyl (C=O) groups is 4. The Morgan fingerprint density at radius 3 is 2.40 bits per heavy atom. The minimum Gasteiger partial charge on any atom is -0.497 e. The van der Waals surface area contributed by atoms with Crippen molar-refractivity contribution in [3.8, 4) is 0 Å². The van der Waals surface area contributed by atoms with Gasteiger partial charge in [-0.05, 0) is 69.5 Å². The van der Waals surface area contributed by atoms with Gasteiger partial charge in [-0.25, -0.2) is 4.79 Å². The van der Waals surface area contributed by atoms with Crippen molar-refractivity contribution < 1.29 is 38.1 Å². The summed E-state index contributed by atoms with van der Waals surface area (Å²) in [6.07, 6.45) is 7.94. The number of nitrogens with one attached hydrogen (secondary N) is 2. The third-order valence-corrected chi connectivity index (χ3v) is 9.19. The van der Waals surface area contributed by atoms with Gasteiger partial charge < -0.3 is 40.2 Å². The molecule has 2 heterocycles. The number of ketones is 2. The quantitative estimate of drug-likeness (QED) is 0.331. The number of likely N-dealkylation sites (tertiary alicyclic amines) is 1. The predicted octanol–water partition coefficient (Wildman–Crippen LogP) is 3.31. The highest BCUT2D eigenvalue weighted by atomic mass is 16.6. The number of hydrogen-bond acceptors (Lipinski definition) is 10. The molecule has 0 spiro atoms. The number of carbonyl (C=O) groups excluding carboxylic acids is 4. The molecule has 2 aliphatic heterocycles. The number of hydrogen-bond donors (Lipinski definition) is 3. The monoisotopic (exact) mass is 656 g/mol. The first kappa shape index (κ1) is 37.7. The van der Waals surface area contributed by atoms with Crippen LogP contribution in [0, 0.1) is 17.8 Å². The molecule has 1 saturated heterocycles. The van der Waals surface area contributed by atoms with Gasteiger partial charge in [0, 0.05) is 44.5 Å². The van der Waals surface area contributed by atoms with Crippen molar-refractivity contribution in [3.63, 3.8) is 0 Å². The van der Waals surface area contributed by atoms with Crippen molar-refractivity contribution in [2.24, 2.45) is 23.5 Å². The van der Waals surface area contributed by atoms with E-state index < -0.39 is 24.2 Å². The van der Waals surface area contributed by atoms with Crippen molar-refractivity contribution >= 4 is 23.6 Å². The van der Waals surface area contributed by atoms with E-state index in [0.29, 0.717) is 30.7 Å². The van der Waals surface area contributed by atoms with Crippen LogP contribution in [-0.2, 0) is 33.3 Å². The van der Waals surface area contributed by atoms with E-state index in [9.17, 15) is 19.2 Å². The van der Waals surface area contributed by atoms with Gasteiger partial charge in [-0.2, -0.15) is 0 Å². The van der Waals surface area contributed by atoms with Crippen molar-refractivity contribution in [2.45, 2.75) is 71.7 Å². The lowest BCUT2D eigenvalue weighted by molar-refractivity contribution is -0.120. The Bertz CT molecular complexity index is 1310. The van der Waals surface area contributed by atoms with Gasteiger partial charge in [0.15, 0.2) is 6.10 Å². The van der Waals surface area contributed by atoms with Crippen molar-refractivity contribution in [2.75, 3.05) is 47.5 Å². The highest BCUT2D eigenvalue weighted by molar-refractivity contribution is 6.23. The summed E-state index contributed by atoms with van der Waals surface area (Å²) in [6, 6.07) is 0. The number of fused-ring (bicyclic) bond motifs is 2. The van der Waals surface area contributed by atoms with Crippen molar-refractivity contribution in [1.82, 2.24) is 15.5 Å². The van der Waals surface area contributed by atoms with E-state index in [-0.39, 0.29) is 52.4 Å². The second-order valence-electron chi connectivity index (χ2n) is 12.6. The Kier molecular flexibility index (Phi) is 14.4. The van der Waals surface area contributed by atoms with Crippen LogP contribution in [0.5, 0.6) is 0 Å². The second kappa shape index (κ2) is 18.0. The van der Waals surface area contributed by atoms with Crippen LogP contribution in [-0.4, -0.2) is 94.3 Å². The van der Waals surface area contributed by atoms with E-state index in [4.69, 9.17) is 24.7 Å². The number of nitrogens with zero attached hydrogens (tertiary/aromatic N) is 1. The standard InChI is InChI=1S/C35H52N4O8/c1-21-17-25-31(37-13-16-39-14-8-9-15-39)27(40)20-26(32(25)41)38-34(42)22(2)11-10-12-28(44-5)33(47-35(36)43)30(46-7)19-23(3)24(4)29(18-21)45-6/h10-12,19-21,23-24,28-29,33,37H,8-9,13-18H2,1-7H3,(H2,36,43)(H,38,42)/b12-10-,22-11+,30-19-/t21-,23+,24-,28+,29+,33-/m1/s1. The Balaban J connectivity index is 2.03. The molecule has 0 unspecified atom stereocenters. The van der Waals surface area contributed by atoms with Gasteiger partial charge >= 0.3 is 6.09 Å². The summed E-state index contributed by atoms with van der Waals surface area (Å²) in [7, 11) is 4.57. The van der Waals surface area contributed by atoms with Crippen LogP contribution < -0.4 is 16.4 Å². The van der Waals surface area contributed by atoms with Crippen LogP contribution >= 0.6 is 0 Å². The predicted molar refractivity (Wildman–Crippen MR) is 178 cm³/mol. The molecule has 0 aromatic heterocycles. The second-order valence-corrected chi connectivity index (χ2v) is 12.6. The molecule has 3 aliphatic rings. The summed E-state index contributed by atoms with van der Waals surface area (Å²) in [5, 5.41) is 5.91. The molecule has 0 aromatic carbocycles. The number of amides is 2. The first-order valence-electron chi connectivity index (χ1n) is 16.3. The molecule has 3 rings (SSSR count). The zero-order chi connectivity index (χ0) is 34.7. The van der Waals surface area contributed by atoms with Gasteiger partial charge in [0.1, 0.15) is 11.9 Å². The molecule has 260 valence electrons. The van der Waals surface area contributed by atoms with Crippen LogP contribution in [0.3, 0.4) is 0 Å². The summed E-state index contributed by atoms with van der Waals surface area (Å²) >= 11 is 0. The van der Waals surface area contributed by atoms with Gasteiger partial charge in [0.2, 0.25) is 11.6 Å². The number of Topliss-reactive ketones (excluding diaryl/α,β-unsaturated/α-hetero) is 1. The molecule has 2 bridgehead atoms. The summed E-state index contributed by atoms with van der Waals surface area (Å²) in [5.74, 6) is -1.13. The maximum Gasteiger partial charge on any atom is 0.405 e. The number of rotatable bonds is 8. The maximum absolute atomic E-state index is 13.9. The van der Waals surface area contributed by atoms with Gasteiger partial charge in [-0.3, -0.25) is 14.4 Å². The van der Waals surface area contributed by atoms with E-state index in [2.05, 4.69) is 22.5 Å². The fourth-order valence-corrected chi connectivity index (χ4v) is 6.22. The lowest BCUT2D eigenvalue weighted by Gasteiger charge is -2.31. The largest absolute Gasteiger partial charge is 0.497 e. The Labute approximate surface area is 278 Å². The van der Waals surface area contributed by atoms with Crippen LogP contribution in [0.25, 0.3) is 0 Å². The smallest absolute Gasteiger partial charge is 0.405 e. The SMILES string of the molecule is CO/C1=C\[C@H](C)[C@@H](C)[C@@H](OC)C[C@H](C)CC2=C(NCCN3CCCC3)C(=O)C=C(NC(=O)/C(C)=C/C=C\[C@H](OC)[C@H]1OC(N)=O)C2=O. The lowest BCUT2D eigenvalue weighted by atomic mass is 9.82. The zero-order valence-electron chi connectivity index (χ0n) is 28.8. The van der Waals surface area contributed by atoms with E-state index in [1.807, 2.05) is 19.9 Å². The van der Waals surface area contributed by atoms with Gasteiger partial charge in [0.05, 0.1) is 24.6 Å². The minimum absolute atomic E-state index is 0.0310. The van der Waals surface area contributed by atoms with E-state index in [1.165, 1.54) is 26.4 Å². The first-order chi connectivity index (χ1) is 22.4. The highest BCUT2D eigenvalue weighted by Gasteiger charge is 2.34.